The molecule has 0 saturated heterocycles. The molecule has 0 bridgehead atoms. The zero-order valence-electron chi connectivity index (χ0n) is 10.7. The van der Waals surface area contributed by atoms with Crippen LogP contribution in [0.5, 0.6) is 0 Å². The molecule has 2 aromatic carbocycles. The van der Waals surface area contributed by atoms with E-state index in [-0.39, 0.29) is 17.8 Å². The van der Waals surface area contributed by atoms with E-state index >= 15 is 0 Å². The molecule has 0 unspecified atom stereocenters. The summed E-state index contributed by atoms with van der Waals surface area (Å²) in [6, 6.07) is 11.3. The van der Waals surface area contributed by atoms with Crippen LogP contribution in [0.4, 0.5) is 4.39 Å². The third-order valence-electron chi connectivity index (χ3n) is 3.59. The number of rotatable bonds is 2. The van der Waals surface area contributed by atoms with E-state index in [1.807, 2.05) is 18.2 Å². The third kappa shape index (κ3) is 2.54. The maximum Gasteiger partial charge on any atom is 0.251 e. The van der Waals surface area contributed by atoms with Crippen LogP contribution < -0.4 is 5.32 Å². The van der Waals surface area contributed by atoms with Crippen molar-refractivity contribution in [3.63, 3.8) is 0 Å². The quantitative estimate of drug-likeness (QED) is 0.893. The SMILES string of the molecule is O=C(N[C@@H]1CCc2cc(Cl)ccc21)c1ccc(F)cc1. The summed E-state index contributed by atoms with van der Waals surface area (Å²) in [7, 11) is 0. The molecule has 102 valence electrons. The van der Waals surface area contributed by atoms with Gasteiger partial charge in [-0.25, -0.2) is 4.39 Å². The van der Waals surface area contributed by atoms with E-state index in [4.69, 9.17) is 11.6 Å². The molecule has 1 aliphatic carbocycles. The van der Waals surface area contributed by atoms with Gasteiger partial charge in [0.2, 0.25) is 0 Å². The van der Waals surface area contributed by atoms with E-state index in [0.717, 1.165) is 18.4 Å². The summed E-state index contributed by atoms with van der Waals surface area (Å²) in [6.07, 6.45) is 1.77. The first kappa shape index (κ1) is 13.1. The number of amides is 1. The first-order valence-corrected chi connectivity index (χ1v) is 6.86. The first-order chi connectivity index (χ1) is 9.63. The van der Waals surface area contributed by atoms with E-state index in [0.29, 0.717) is 10.6 Å². The Bertz CT molecular complexity index is 654. The van der Waals surface area contributed by atoms with Crippen molar-refractivity contribution in [2.24, 2.45) is 0 Å². The summed E-state index contributed by atoms with van der Waals surface area (Å²) >= 11 is 5.96. The van der Waals surface area contributed by atoms with Crippen molar-refractivity contribution in [2.75, 3.05) is 0 Å². The monoisotopic (exact) mass is 289 g/mol. The van der Waals surface area contributed by atoms with Crippen molar-refractivity contribution < 1.29 is 9.18 Å². The van der Waals surface area contributed by atoms with Crippen LogP contribution in [0.3, 0.4) is 0 Å². The third-order valence-corrected chi connectivity index (χ3v) is 3.83. The maximum atomic E-state index is 12.8. The van der Waals surface area contributed by atoms with Crippen LogP contribution in [0.25, 0.3) is 0 Å². The number of hydrogen-bond donors (Lipinski definition) is 1. The molecule has 0 radical (unpaired) electrons. The van der Waals surface area contributed by atoms with Gasteiger partial charge in [-0.1, -0.05) is 17.7 Å². The van der Waals surface area contributed by atoms with Crippen molar-refractivity contribution >= 4 is 17.5 Å². The molecule has 2 aromatic rings. The van der Waals surface area contributed by atoms with Gasteiger partial charge in [-0.05, 0) is 60.4 Å². The van der Waals surface area contributed by atoms with Gasteiger partial charge in [-0.3, -0.25) is 4.79 Å². The lowest BCUT2D eigenvalue weighted by molar-refractivity contribution is 0.0936. The van der Waals surface area contributed by atoms with E-state index in [1.165, 1.54) is 29.8 Å². The maximum absolute atomic E-state index is 12.8. The molecule has 0 fully saturated rings. The Morgan fingerprint density at radius 2 is 1.95 bits per heavy atom. The Morgan fingerprint density at radius 1 is 1.20 bits per heavy atom. The van der Waals surface area contributed by atoms with Gasteiger partial charge < -0.3 is 5.32 Å². The molecule has 1 amide bonds. The van der Waals surface area contributed by atoms with E-state index in [9.17, 15) is 9.18 Å². The smallest absolute Gasteiger partial charge is 0.251 e. The Balaban J connectivity index is 1.77. The molecule has 0 spiro atoms. The average Bonchev–Trinajstić information content (AvgIpc) is 2.81. The largest absolute Gasteiger partial charge is 0.345 e. The minimum atomic E-state index is -0.345. The van der Waals surface area contributed by atoms with Crippen LogP contribution in [-0.4, -0.2) is 5.91 Å². The number of nitrogens with one attached hydrogen (secondary N) is 1. The molecule has 0 saturated carbocycles. The molecule has 1 atom stereocenters. The molecule has 2 nitrogen and oxygen atoms in total. The van der Waals surface area contributed by atoms with Crippen LogP contribution >= 0.6 is 11.6 Å². The van der Waals surface area contributed by atoms with E-state index in [1.54, 1.807) is 0 Å². The topological polar surface area (TPSA) is 29.1 Å². The van der Waals surface area contributed by atoms with Gasteiger partial charge in [0.1, 0.15) is 5.82 Å². The summed E-state index contributed by atoms with van der Waals surface area (Å²) in [5, 5.41) is 3.70. The average molecular weight is 290 g/mol. The van der Waals surface area contributed by atoms with Gasteiger partial charge in [0, 0.05) is 10.6 Å². The molecule has 20 heavy (non-hydrogen) atoms. The fraction of sp³-hybridized carbons (Fsp3) is 0.188. The second-order valence-corrected chi connectivity index (χ2v) is 5.35. The van der Waals surface area contributed by atoms with Crippen LogP contribution in [0.15, 0.2) is 42.5 Å². The second-order valence-electron chi connectivity index (χ2n) is 4.91. The molecule has 1 aliphatic rings. The molecule has 3 rings (SSSR count). The Hall–Kier alpha value is -1.87. The predicted molar refractivity (Wildman–Crippen MR) is 76.4 cm³/mol. The summed E-state index contributed by atoms with van der Waals surface area (Å²) in [4.78, 5) is 12.1. The summed E-state index contributed by atoms with van der Waals surface area (Å²) < 4.78 is 12.8. The minimum absolute atomic E-state index is 0.000167. The Kier molecular flexibility index (Phi) is 3.45. The summed E-state index contributed by atoms with van der Waals surface area (Å²) in [5.74, 6) is -0.528. The van der Waals surface area contributed by atoms with Crippen molar-refractivity contribution in [3.8, 4) is 0 Å². The van der Waals surface area contributed by atoms with Crippen LogP contribution in [0, 0.1) is 5.82 Å². The number of carbonyl (C=O) groups excluding carboxylic acids is 1. The second kappa shape index (κ2) is 5.25. The van der Waals surface area contributed by atoms with Gasteiger partial charge in [-0.2, -0.15) is 0 Å². The summed E-state index contributed by atoms with van der Waals surface area (Å²) in [6.45, 7) is 0. The van der Waals surface area contributed by atoms with E-state index < -0.39 is 0 Å². The lowest BCUT2D eigenvalue weighted by Crippen LogP contribution is -2.27. The lowest BCUT2D eigenvalue weighted by atomic mass is 10.1. The van der Waals surface area contributed by atoms with Gasteiger partial charge in [0.25, 0.3) is 5.91 Å². The Labute approximate surface area is 121 Å². The lowest BCUT2D eigenvalue weighted by Gasteiger charge is -2.14. The minimum Gasteiger partial charge on any atom is -0.345 e. The van der Waals surface area contributed by atoms with Crippen molar-refractivity contribution in [3.05, 3.63) is 70.0 Å². The molecule has 1 N–H and O–H groups in total. The molecule has 0 aliphatic heterocycles. The summed E-state index contributed by atoms with van der Waals surface area (Å²) in [5.41, 5.74) is 2.76. The number of benzene rings is 2. The van der Waals surface area contributed by atoms with Gasteiger partial charge >= 0.3 is 0 Å². The van der Waals surface area contributed by atoms with Crippen LogP contribution in [0.1, 0.15) is 33.9 Å². The van der Waals surface area contributed by atoms with Crippen molar-refractivity contribution in [1.82, 2.24) is 5.32 Å². The van der Waals surface area contributed by atoms with Crippen LogP contribution in [-0.2, 0) is 6.42 Å². The molecular weight excluding hydrogens is 277 g/mol. The van der Waals surface area contributed by atoms with E-state index in [2.05, 4.69) is 5.32 Å². The highest BCUT2D eigenvalue weighted by atomic mass is 35.5. The number of halogens is 2. The molecule has 0 aromatic heterocycles. The molecular formula is C16H13ClFNO. The van der Waals surface area contributed by atoms with Gasteiger partial charge in [0.15, 0.2) is 0 Å². The number of aryl methyl sites for hydroxylation is 1. The normalized spacial score (nSPS) is 16.8. The highest BCUT2D eigenvalue weighted by Crippen LogP contribution is 2.32. The fourth-order valence-corrected chi connectivity index (χ4v) is 2.77. The number of carbonyl (C=O) groups is 1. The van der Waals surface area contributed by atoms with Crippen molar-refractivity contribution in [1.29, 1.82) is 0 Å². The zero-order chi connectivity index (χ0) is 14.1. The van der Waals surface area contributed by atoms with Crippen LogP contribution in [0.2, 0.25) is 5.02 Å². The highest BCUT2D eigenvalue weighted by Gasteiger charge is 2.24. The standard InChI is InChI=1S/C16H13ClFNO/c17-12-4-7-14-11(9-12)3-8-15(14)19-16(20)10-1-5-13(18)6-2-10/h1-2,4-7,9,15H,3,8H2,(H,19,20)/t15-/m1/s1. The number of hydrogen-bond acceptors (Lipinski definition) is 1. The van der Waals surface area contributed by atoms with Crippen molar-refractivity contribution in [2.45, 2.75) is 18.9 Å². The molecule has 0 heterocycles. The predicted octanol–water partition coefficient (Wildman–Crippen LogP) is 3.90. The van der Waals surface area contributed by atoms with Gasteiger partial charge in [0.05, 0.1) is 6.04 Å². The zero-order valence-corrected chi connectivity index (χ0v) is 11.5. The fourth-order valence-electron chi connectivity index (χ4n) is 2.58. The molecule has 4 heteroatoms. The number of fused-ring (bicyclic) bond motifs is 1. The highest BCUT2D eigenvalue weighted by molar-refractivity contribution is 6.30. The first-order valence-electron chi connectivity index (χ1n) is 6.48. The van der Waals surface area contributed by atoms with Gasteiger partial charge in [-0.15, -0.1) is 0 Å². The Morgan fingerprint density at radius 3 is 2.70 bits per heavy atom.